The largest absolute Gasteiger partial charge is 0.263 e. The molecule has 0 saturated carbocycles. The summed E-state index contributed by atoms with van der Waals surface area (Å²) >= 11 is 0. The van der Waals surface area contributed by atoms with Gasteiger partial charge < -0.3 is 0 Å². The number of benzene rings is 2. The maximum absolute atomic E-state index is 12.3. The van der Waals surface area contributed by atoms with E-state index in [0.717, 1.165) is 16.7 Å². The number of fused-ring (bicyclic) bond motifs is 1. The molecular formula is C16H13NO2S. The number of nitrogens with zero attached hydrogens (tertiary/aromatic N) is 1. The molecule has 0 aliphatic heterocycles. The van der Waals surface area contributed by atoms with E-state index in [4.69, 9.17) is 0 Å². The lowest BCUT2D eigenvalue weighted by Crippen LogP contribution is -2.07. The molecule has 0 spiro atoms. The molecule has 0 heterocycles. The van der Waals surface area contributed by atoms with E-state index in [1.165, 1.54) is 6.21 Å². The molecule has 100 valence electrons. The van der Waals surface area contributed by atoms with E-state index in [1.54, 1.807) is 6.08 Å². The summed E-state index contributed by atoms with van der Waals surface area (Å²) in [4.78, 5) is 0. The second-order valence-electron chi connectivity index (χ2n) is 4.57. The average Bonchev–Trinajstić information content (AvgIpc) is 2.91. The average molecular weight is 283 g/mol. The number of hydrogen-bond donors (Lipinski definition) is 0. The minimum atomic E-state index is -3.59. The van der Waals surface area contributed by atoms with Gasteiger partial charge in [-0.25, -0.2) is 8.42 Å². The van der Waals surface area contributed by atoms with Crippen molar-refractivity contribution in [2.24, 2.45) is 4.40 Å². The van der Waals surface area contributed by atoms with E-state index in [2.05, 4.69) is 4.40 Å². The van der Waals surface area contributed by atoms with Crippen LogP contribution in [0, 0.1) is 0 Å². The third-order valence-electron chi connectivity index (χ3n) is 3.22. The summed E-state index contributed by atoms with van der Waals surface area (Å²) in [7, 11) is -3.59. The van der Waals surface area contributed by atoms with Gasteiger partial charge in [-0.2, -0.15) is 4.40 Å². The minimum Gasteiger partial charge on any atom is -0.204 e. The Morgan fingerprint density at radius 3 is 2.45 bits per heavy atom. The van der Waals surface area contributed by atoms with Crippen molar-refractivity contribution in [3.8, 4) is 0 Å². The molecule has 20 heavy (non-hydrogen) atoms. The first-order valence-electron chi connectivity index (χ1n) is 6.28. The third-order valence-corrected chi connectivity index (χ3v) is 4.67. The Balaban J connectivity index is 1.91. The van der Waals surface area contributed by atoms with Gasteiger partial charge in [0.05, 0.1) is 0 Å². The molecule has 1 unspecified atom stereocenters. The Morgan fingerprint density at radius 1 is 0.950 bits per heavy atom. The van der Waals surface area contributed by atoms with E-state index < -0.39 is 15.3 Å². The van der Waals surface area contributed by atoms with Gasteiger partial charge in [-0.3, -0.25) is 0 Å². The minimum absolute atomic E-state index is 0.682. The van der Waals surface area contributed by atoms with E-state index in [-0.39, 0.29) is 0 Å². The van der Waals surface area contributed by atoms with Crippen molar-refractivity contribution < 1.29 is 8.42 Å². The standard InChI is InChI=1S/C16H13NO2S/c18-20(19,17-12-13-6-2-1-3-7-13)16-11-10-14-8-4-5-9-15(14)16/h1-12,16H. The highest BCUT2D eigenvalue weighted by Gasteiger charge is 2.28. The SMILES string of the molecule is O=S(=O)(N=Cc1ccccc1)C1C=Cc2ccccc21. The van der Waals surface area contributed by atoms with E-state index in [0.29, 0.717) is 0 Å². The number of sulfonamides is 1. The predicted molar refractivity (Wildman–Crippen MR) is 81.2 cm³/mol. The summed E-state index contributed by atoms with van der Waals surface area (Å²) < 4.78 is 28.4. The van der Waals surface area contributed by atoms with Gasteiger partial charge in [-0.05, 0) is 16.7 Å². The number of hydrogen-bond acceptors (Lipinski definition) is 2. The summed E-state index contributed by atoms with van der Waals surface area (Å²) in [6.45, 7) is 0. The summed E-state index contributed by atoms with van der Waals surface area (Å²) in [5.41, 5.74) is 2.50. The van der Waals surface area contributed by atoms with E-state index in [1.807, 2.05) is 60.7 Å². The van der Waals surface area contributed by atoms with Crippen LogP contribution in [0.25, 0.3) is 6.08 Å². The van der Waals surface area contributed by atoms with Crippen molar-refractivity contribution in [2.75, 3.05) is 0 Å². The first-order chi connectivity index (χ1) is 9.67. The molecule has 0 fully saturated rings. The maximum atomic E-state index is 12.3. The van der Waals surface area contributed by atoms with Crippen molar-refractivity contribution in [3.05, 3.63) is 77.4 Å². The van der Waals surface area contributed by atoms with Crippen molar-refractivity contribution in [2.45, 2.75) is 5.25 Å². The monoisotopic (exact) mass is 283 g/mol. The third kappa shape index (κ3) is 2.42. The Morgan fingerprint density at radius 2 is 1.65 bits per heavy atom. The smallest absolute Gasteiger partial charge is 0.204 e. The first-order valence-corrected chi connectivity index (χ1v) is 7.78. The fraction of sp³-hybridized carbons (Fsp3) is 0.0625. The van der Waals surface area contributed by atoms with Crippen molar-refractivity contribution >= 4 is 22.3 Å². The van der Waals surface area contributed by atoms with Crippen molar-refractivity contribution in [1.82, 2.24) is 0 Å². The molecule has 0 saturated heterocycles. The van der Waals surface area contributed by atoms with Gasteiger partial charge in [0.25, 0.3) is 10.0 Å². The Labute approximate surface area is 118 Å². The molecule has 0 N–H and O–H groups in total. The summed E-state index contributed by atoms with van der Waals surface area (Å²) in [5, 5.41) is -0.682. The molecule has 2 aromatic rings. The quantitative estimate of drug-likeness (QED) is 0.812. The zero-order chi connectivity index (χ0) is 14.0. The van der Waals surface area contributed by atoms with Gasteiger partial charge in [0, 0.05) is 6.21 Å². The van der Waals surface area contributed by atoms with Crippen LogP contribution >= 0.6 is 0 Å². The topological polar surface area (TPSA) is 46.5 Å². The van der Waals surface area contributed by atoms with Crippen LogP contribution in [0.1, 0.15) is 21.9 Å². The van der Waals surface area contributed by atoms with Crippen LogP contribution in [0.5, 0.6) is 0 Å². The van der Waals surface area contributed by atoms with Crippen molar-refractivity contribution in [1.29, 1.82) is 0 Å². The number of rotatable bonds is 3. The zero-order valence-electron chi connectivity index (χ0n) is 10.7. The lowest BCUT2D eigenvalue weighted by Gasteiger charge is -2.08. The molecule has 1 aliphatic carbocycles. The van der Waals surface area contributed by atoms with Gasteiger partial charge >= 0.3 is 0 Å². The molecule has 3 rings (SSSR count). The highest BCUT2D eigenvalue weighted by molar-refractivity contribution is 7.90. The van der Waals surface area contributed by atoms with Gasteiger partial charge in [0.15, 0.2) is 0 Å². The molecule has 0 radical (unpaired) electrons. The normalized spacial score (nSPS) is 17.5. The van der Waals surface area contributed by atoms with Crippen LogP contribution in [0.15, 0.2) is 65.1 Å². The maximum Gasteiger partial charge on any atom is 0.263 e. The van der Waals surface area contributed by atoms with E-state index >= 15 is 0 Å². The molecule has 2 aromatic carbocycles. The molecular weight excluding hydrogens is 270 g/mol. The molecule has 0 aromatic heterocycles. The van der Waals surface area contributed by atoms with Crippen LogP contribution in [0.2, 0.25) is 0 Å². The Bertz CT molecular complexity index is 777. The van der Waals surface area contributed by atoms with Gasteiger partial charge in [0.1, 0.15) is 5.25 Å². The highest BCUT2D eigenvalue weighted by Crippen LogP contribution is 2.34. The fourth-order valence-corrected chi connectivity index (χ4v) is 3.43. The second kappa shape index (κ2) is 5.06. The van der Waals surface area contributed by atoms with Crippen molar-refractivity contribution in [3.63, 3.8) is 0 Å². The van der Waals surface area contributed by atoms with Gasteiger partial charge in [-0.15, -0.1) is 0 Å². The predicted octanol–water partition coefficient (Wildman–Crippen LogP) is 3.20. The highest BCUT2D eigenvalue weighted by atomic mass is 32.2. The Hall–Kier alpha value is -2.20. The second-order valence-corrected chi connectivity index (χ2v) is 6.32. The van der Waals surface area contributed by atoms with E-state index in [9.17, 15) is 8.42 Å². The molecule has 4 heteroatoms. The van der Waals surface area contributed by atoms with Gasteiger partial charge in [0.2, 0.25) is 0 Å². The van der Waals surface area contributed by atoms with Gasteiger partial charge in [-0.1, -0.05) is 66.7 Å². The molecule has 1 atom stereocenters. The summed E-state index contributed by atoms with van der Waals surface area (Å²) in [6, 6.07) is 16.7. The summed E-state index contributed by atoms with van der Waals surface area (Å²) in [5.74, 6) is 0. The van der Waals surface area contributed by atoms with Crippen LogP contribution in [0.4, 0.5) is 0 Å². The van der Waals surface area contributed by atoms with Crippen LogP contribution in [-0.4, -0.2) is 14.6 Å². The van der Waals surface area contributed by atoms with Crippen LogP contribution in [0.3, 0.4) is 0 Å². The Kier molecular flexibility index (Phi) is 3.24. The van der Waals surface area contributed by atoms with Crippen LogP contribution in [-0.2, 0) is 10.0 Å². The fourth-order valence-electron chi connectivity index (χ4n) is 2.22. The lowest BCUT2D eigenvalue weighted by atomic mass is 10.1. The first kappa shape index (κ1) is 12.8. The lowest BCUT2D eigenvalue weighted by molar-refractivity contribution is 0.593. The molecule has 0 amide bonds. The molecule has 1 aliphatic rings. The molecule has 0 bridgehead atoms. The summed E-state index contributed by atoms with van der Waals surface area (Å²) in [6.07, 6.45) is 4.90. The molecule has 3 nitrogen and oxygen atoms in total. The van der Waals surface area contributed by atoms with Crippen LogP contribution < -0.4 is 0 Å². The zero-order valence-corrected chi connectivity index (χ0v) is 11.5.